The van der Waals surface area contributed by atoms with Crippen molar-refractivity contribution in [3.8, 4) is 0 Å². The molecular formula is C15H18ClO4S2+. The van der Waals surface area contributed by atoms with Gasteiger partial charge in [0, 0.05) is 33.9 Å². The minimum atomic E-state index is -3.58. The Labute approximate surface area is 139 Å². The zero-order valence-electron chi connectivity index (χ0n) is 12.7. The number of carbonyl (C=O) groups excluding carboxylic acids is 1. The summed E-state index contributed by atoms with van der Waals surface area (Å²) in [5, 5.41) is -0.697. The summed E-state index contributed by atoms with van der Waals surface area (Å²) in [7, 11) is -3.58. The molecule has 2 atom stereocenters. The average Bonchev–Trinajstić information content (AvgIpc) is 2.78. The second-order valence-electron chi connectivity index (χ2n) is 5.98. The standard InChI is InChI=1S/C15H18ClO4S2/c1-9-7-12(15(21-18)6-4-5-10(15)2)13(22(3,19)20)8-11(9)14(16)17/h7-8,10H,4-6H2,1-3H3/q+1. The van der Waals surface area contributed by atoms with Crippen LogP contribution in [0, 0.1) is 12.8 Å². The van der Waals surface area contributed by atoms with E-state index in [0.29, 0.717) is 29.2 Å². The first-order chi connectivity index (χ1) is 10.1. The Morgan fingerprint density at radius 2 is 2.05 bits per heavy atom. The van der Waals surface area contributed by atoms with Crippen LogP contribution >= 0.6 is 11.6 Å². The van der Waals surface area contributed by atoms with Crippen LogP contribution in [0.4, 0.5) is 0 Å². The molecule has 0 N–H and O–H groups in total. The van der Waals surface area contributed by atoms with Crippen LogP contribution in [0.25, 0.3) is 0 Å². The van der Waals surface area contributed by atoms with E-state index >= 15 is 0 Å². The summed E-state index contributed by atoms with van der Waals surface area (Å²) in [6.07, 6.45) is 3.49. The average molecular weight is 362 g/mol. The number of halogens is 1. The Kier molecular flexibility index (Phi) is 4.76. The molecule has 0 radical (unpaired) electrons. The lowest BCUT2D eigenvalue weighted by Crippen LogP contribution is -2.30. The summed E-state index contributed by atoms with van der Waals surface area (Å²) < 4.78 is 35.5. The van der Waals surface area contributed by atoms with Gasteiger partial charge in [-0.05, 0) is 49.1 Å². The predicted octanol–water partition coefficient (Wildman–Crippen LogP) is 3.22. The second kappa shape index (κ2) is 5.98. The number of benzene rings is 1. The van der Waals surface area contributed by atoms with Gasteiger partial charge in [-0.1, -0.05) is 6.92 Å². The van der Waals surface area contributed by atoms with Gasteiger partial charge in [-0.3, -0.25) is 4.79 Å². The van der Waals surface area contributed by atoms with Crippen molar-refractivity contribution in [2.24, 2.45) is 5.92 Å². The van der Waals surface area contributed by atoms with Gasteiger partial charge in [-0.15, -0.1) is 0 Å². The van der Waals surface area contributed by atoms with Gasteiger partial charge in [0.25, 0.3) is 9.99 Å². The maximum atomic E-state index is 12.2. The van der Waals surface area contributed by atoms with Crippen LogP contribution in [0.2, 0.25) is 0 Å². The molecule has 0 spiro atoms. The van der Waals surface area contributed by atoms with Crippen molar-refractivity contribution in [2.75, 3.05) is 6.26 Å². The molecule has 120 valence electrons. The highest BCUT2D eigenvalue weighted by molar-refractivity contribution is 7.90. The van der Waals surface area contributed by atoms with Crippen LogP contribution in [0.3, 0.4) is 0 Å². The zero-order chi connectivity index (χ0) is 16.7. The molecule has 0 aliphatic heterocycles. The van der Waals surface area contributed by atoms with Crippen LogP contribution in [-0.2, 0) is 30.5 Å². The van der Waals surface area contributed by atoms with Gasteiger partial charge in [0.05, 0.1) is 4.90 Å². The fourth-order valence-electron chi connectivity index (χ4n) is 3.26. The molecule has 0 amide bonds. The Bertz CT molecular complexity index is 742. The van der Waals surface area contributed by atoms with E-state index in [0.717, 1.165) is 19.1 Å². The van der Waals surface area contributed by atoms with E-state index in [-0.39, 0.29) is 16.4 Å². The number of carbonyl (C=O) groups is 1. The number of hydrogen-bond acceptors (Lipinski definition) is 4. The van der Waals surface area contributed by atoms with Crippen LogP contribution in [0.15, 0.2) is 17.0 Å². The zero-order valence-corrected chi connectivity index (χ0v) is 15.1. The maximum Gasteiger partial charge on any atom is 0.470 e. The topological polar surface area (TPSA) is 68.3 Å². The van der Waals surface area contributed by atoms with E-state index in [1.807, 2.05) is 6.92 Å². The van der Waals surface area contributed by atoms with E-state index < -0.39 is 19.8 Å². The molecular weight excluding hydrogens is 344 g/mol. The van der Waals surface area contributed by atoms with Gasteiger partial charge in [-0.2, -0.15) is 0 Å². The molecule has 22 heavy (non-hydrogen) atoms. The van der Waals surface area contributed by atoms with Gasteiger partial charge in [0.1, 0.15) is 0 Å². The number of hydrogen-bond donors (Lipinski definition) is 0. The SMILES string of the molecule is Cc1cc(C2([S+]=O)CCCC2C)c(S(C)(=O)=O)cc1C(=O)Cl. The number of aryl methyl sites for hydroxylation is 1. The highest BCUT2D eigenvalue weighted by Crippen LogP contribution is 2.48. The largest absolute Gasteiger partial charge is 0.470 e. The van der Waals surface area contributed by atoms with Crippen molar-refractivity contribution >= 4 is 38.3 Å². The molecule has 1 aromatic rings. The fourth-order valence-corrected chi connectivity index (χ4v) is 5.27. The van der Waals surface area contributed by atoms with E-state index in [9.17, 15) is 17.4 Å². The molecule has 0 heterocycles. The Balaban J connectivity index is 2.83. The number of rotatable bonds is 4. The van der Waals surface area contributed by atoms with E-state index in [2.05, 4.69) is 0 Å². The second-order valence-corrected chi connectivity index (χ2v) is 9.20. The van der Waals surface area contributed by atoms with Crippen molar-refractivity contribution in [1.82, 2.24) is 0 Å². The molecule has 2 rings (SSSR count). The summed E-state index contributed by atoms with van der Waals surface area (Å²) in [5.74, 6) is 0.0763. The molecule has 1 fully saturated rings. The first-order valence-corrected chi connectivity index (χ1v) is 10.0. The first kappa shape index (κ1) is 17.5. The van der Waals surface area contributed by atoms with Crippen molar-refractivity contribution in [3.63, 3.8) is 0 Å². The van der Waals surface area contributed by atoms with Gasteiger partial charge >= 0.3 is 11.7 Å². The third kappa shape index (κ3) is 2.84. The molecule has 7 heteroatoms. The van der Waals surface area contributed by atoms with Crippen LogP contribution in [-0.4, -0.2) is 19.9 Å². The lowest BCUT2D eigenvalue weighted by Gasteiger charge is -2.21. The Morgan fingerprint density at radius 3 is 2.45 bits per heavy atom. The minimum absolute atomic E-state index is 0.0409. The molecule has 0 saturated heterocycles. The maximum absolute atomic E-state index is 12.2. The summed E-state index contributed by atoms with van der Waals surface area (Å²) in [5.41, 5.74) is 1.27. The van der Waals surface area contributed by atoms with Gasteiger partial charge in [0.15, 0.2) is 9.84 Å². The third-order valence-electron chi connectivity index (χ3n) is 4.52. The van der Waals surface area contributed by atoms with Gasteiger partial charge < -0.3 is 0 Å². The third-order valence-corrected chi connectivity index (χ3v) is 6.99. The lowest BCUT2D eigenvalue weighted by atomic mass is 9.87. The van der Waals surface area contributed by atoms with E-state index in [1.165, 1.54) is 6.07 Å². The summed E-state index contributed by atoms with van der Waals surface area (Å²) in [6.45, 7) is 3.67. The van der Waals surface area contributed by atoms with Crippen LogP contribution < -0.4 is 0 Å². The predicted molar refractivity (Wildman–Crippen MR) is 87.2 cm³/mol. The first-order valence-electron chi connectivity index (χ1n) is 6.99. The van der Waals surface area contributed by atoms with Gasteiger partial charge in [-0.25, -0.2) is 8.42 Å². The van der Waals surface area contributed by atoms with Crippen molar-refractivity contribution < 1.29 is 17.4 Å². The highest BCUT2D eigenvalue weighted by atomic mass is 35.5. The van der Waals surface area contributed by atoms with E-state index in [1.54, 1.807) is 13.0 Å². The smallest absolute Gasteiger partial charge is 0.276 e. The monoisotopic (exact) mass is 361 g/mol. The molecule has 1 saturated carbocycles. The van der Waals surface area contributed by atoms with Crippen molar-refractivity contribution in [2.45, 2.75) is 42.8 Å². The summed E-state index contributed by atoms with van der Waals surface area (Å²) in [4.78, 5) is 11.5. The minimum Gasteiger partial charge on any atom is -0.276 e. The number of sulfone groups is 1. The van der Waals surface area contributed by atoms with Crippen molar-refractivity contribution in [3.05, 3.63) is 28.8 Å². The molecule has 2 unspecified atom stereocenters. The molecule has 1 aromatic carbocycles. The van der Waals surface area contributed by atoms with E-state index in [4.69, 9.17) is 11.6 Å². The molecule has 1 aliphatic rings. The summed E-state index contributed by atoms with van der Waals surface area (Å²) in [6, 6.07) is 2.97. The lowest BCUT2D eigenvalue weighted by molar-refractivity contribution is 0.108. The molecule has 1 aliphatic carbocycles. The Morgan fingerprint density at radius 1 is 1.41 bits per heavy atom. The van der Waals surface area contributed by atoms with Crippen molar-refractivity contribution in [1.29, 1.82) is 0 Å². The van der Waals surface area contributed by atoms with Crippen LogP contribution in [0.1, 0.15) is 47.7 Å². The molecule has 4 nitrogen and oxygen atoms in total. The van der Waals surface area contributed by atoms with Gasteiger partial charge in [0.2, 0.25) is 0 Å². The highest BCUT2D eigenvalue weighted by Gasteiger charge is 2.56. The molecule has 0 bridgehead atoms. The normalized spacial score (nSPS) is 25.2. The summed E-state index contributed by atoms with van der Waals surface area (Å²) >= 11 is 6.00. The Hall–Kier alpha value is -0.850. The fraction of sp³-hybridized carbons (Fsp3) is 0.533. The van der Waals surface area contributed by atoms with Crippen LogP contribution in [0.5, 0.6) is 0 Å². The molecule has 0 aromatic heterocycles. The quantitative estimate of drug-likeness (QED) is 0.610.